The molecule has 21 heavy (non-hydrogen) atoms. The summed E-state index contributed by atoms with van der Waals surface area (Å²) in [6, 6.07) is 0. The number of carbonyl (C=O) groups is 1. The average Bonchev–Trinajstić information content (AvgIpc) is 3.21. The second-order valence-electron chi connectivity index (χ2n) is 6.66. The van der Waals surface area contributed by atoms with Gasteiger partial charge in [0.2, 0.25) is 0 Å². The highest BCUT2D eigenvalue weighted by Crippen LogP contribution is 2.42. The van der Waals surface area contributed by atoms with Crippen LogP contribution in [0.25, 0.3) is 0 Å². The van der Waals surface area contributed by atoms with Crippen LogP contribution < -0.4 is 5.73 Å². The van der Waals surface area contributed by atoms with Crippen LogP contribution in [0.1, 0.15) is 48.8 Å². The normalized spacial score (nSPS) is 20.2. The number of aromatic nitrogens is 2. The molecule has 1 aromatic rings. The number of H-pyrrole nitrogens is 1. The van der Waals surface area contributed by atoms with Crippen LogP contribution in [-0.2, 0) is 0 Å². The van der Waals surface area contributed by atoms with E-state index in [1.165, 1.54) is 0 Å². The van der Waals surface area contributed by atoms with Crippen molar-refractivity contribution < 1.29 is 4.79 Å². The van der Waals surface area contributed by atoms with Crippen LogP contribution >= 0.6 is 0 Å². The molecule has 0 spiro atoms. The minimum absolute atomic E-state index is 0.0279. The van der Waals surface area contributed by atoms with Crippen LogP contribution in [0.4, 0.5) is 5.69 Å². The number of amides is 1. The molecule has 0 atom stereocenters. The van der Waals surface area contributed by atoms with E-state index in [0.717, 1.165) is 51.3 Å². The van der Waals surface area contributed by atoms with Crippen molar-refractivity contribution in [3.63, 3.8) is 0 Å². The van der Waals surface area contributed by atoms with Gasteiger partial charge in [-0.1, -0.05) is 13.8 Å². The summed E-state index contributed by atoms with van der Waals surface area (Å²) < 4.78 is 0. The monoisotopic (exact) mass is 291 g/mol. The molecular formula is C15H25N5O. The summed E-state index contributed by atoms with van der Waals surface area (Å²) >= 11 is 0. The number of nitrogen functional groups attached to an aromatic ring is 1. The minimum Gasteiger partial charge on any atom is -0.395 e. The number of aromatic amines is 1. The summed E-state index contributed by atoms with van der Waals surface area (Å²) in [4.78, 5) is 16.8. The molecule has 2 fully saturated rings. The fourth-order valence-electron chi connectivity index (χ4n) is 3.01. The molecule has 0 unspecified atom stereocenters. The Labute approximate surface area is 125 Å². The third-order valence-corrected chi connectivity index (χ3v) is 4.30. The van der Waals surface area contributed by atoms with E-state index in [1.54, 1.807) is 0 Å². The molecule has 0 radical (unpaired) electrons. The summed E-state index contributed by atoms with van der Waals surface area (Å²) in [5, 5.41) is 7.12. The van der Waals surface area contributed by atoms with Crippen molar-refractivity contribution in [1.29, 1.82) is 0 Å². The van der Waals surface area contributed by atoms with Crippen molar-refractivity contribution in [3.8, 4) is 0 Å². The number of nitrogens with one attached hydrogen (secondary N) is 1. The predicted molar refractivity (Wildman–Crippen MR) is 82.2 cm³/mol. The van der Waals surface area contributed by atoms with Gasteiger partial charge in [0, 0.05) is 38.6 Å². The van der Waals surface area contributed by atoms with Gasteiger partial charge < -0.3 is 10.6 Å². The Morgan fingerprint density at radius 2 is 2.00 bits per heavy atom. The second kappa shape index (κ2) is 5.67. The van der Waals surface area contributed by atoms with Gasteiger partial charge in [-0.05, 0) is 18.8 Å². The Bertz CT molecular complexity index is 512. The second-order valence-corrected chi connectivity index (χ2v) is 6.66. The van der Waals surface area contributed by atoms with Crippen LogP contribution in [0.5, 0.6) is 0 Å². The molecule has 0 bridgehead atoms. The molecule has 1 saturated heterocycles. The minimum atomic E-state index is -0.0279. The van der Waals surface area contributed by atoms with Gasteiger partial charge in [-0.3, -0.25) is 14.8 Å². The lowest BCUT2D eigenvalue weighted by molar-refractivity contribution is 0.0619. The number of nitrogens with two attached hydrogens (primary N) is 1. The smallest absolute Gasteiger partial charge is 0.276 e. The molecule has 3 N–H and O–H groups in total. The highest BCUT2D eigenvalue weighted by Gasteiger charge is 2.32. The van der Waals surface area contributed by atoms with Crippen molar-refractivity contribution in [3.05, 3.63) is 11.4 Å². The molecule has 1 aromatic heterocycles. The zero-order valence-corrected chi connectivity index (χ0v) is 12.9. The maximum absolute atomic E-state index is 12.6. The van der Waals surface area contributed by atoms with Crippen LogP contribution in [0, 0.1) is 5.92 Å². The first kappa shape index (κ1) is 14.4. The lowest BCUT2D eigenvalue weighted by atomic mass is 10.1. The van der Waals surface area contributed by atoms with E-state index in [-0.39, 0.29) is 5.91 Å². The van der Waals surface area contributed by atoms with E-state index in [0.29, 0.717) is 23.2 Å². The van der Waals surface area contributed by atoms with Gasteiger partial charge in [0.1, 0.15) is 0 Å². The van der Waals surface area contributed by atoms with Crippen molar-refractivity contribution >= 4 is 11.6 Å². The highest BCUT2D eigenvalue weighted by molar-refractivity contribution is 5.97. The molecule has 1 amide bonds. The number of nitrogens with zero attached hydrogens (tertiary/aromatic N) is 3. The molecule has 2 aliphatic rings. The van der Waals surface area contributed by atoms with Crippen LogP contribution in [0.3, 0.4) is 0 Å². The summed E-state index contributed by atoms with van der Waals surface area (Å²) in [5.41, 5.74) is 8.02. The first-order chi connectivity index (χ1) is 10.1. The number of hydrogen-bond acceptors (Lipinski definition) is 4. The van der Waals surface area contributed by atoms with E-state index >= 15 is 0 Å². The highest BCUT2D eigenvalue weighted by atomic mass is 16.2. The quantitative estimate of drug-likeness (QED) is 0.876. The third-order valence-electron chi connectivity index (χ3n) is 4.30. The SMILES string of the molecule is CC(C)CN1CCN(C(=O)c2n[nH]c(C3CC3)c2N)CC1. The van der Waals surface area contributed by atoms with Gasteiger partial charge in [-0.15, -0.1) is 0 Å². The van der Waals surface area contributed by atoms with E-state index in [9.17, 15) is 4.79 Å². The summed E-state index contributed by atoms with van der Waals surface area (Å²) in [5.74, 6) is 1.12. The molecule has 0 aromatic carbocycles. The standard InChI is InChI=1S/C15H25N5O/c1-10(2)9-19-5-7-20(8-6-19)15(21)14-12(16)13(17-18-14)11-3-4-11/h10-11H,3-9,16H2,1-2H3,(H,17,18). The Kier molecular flexibility index (Phi) is 3.89. The largest absolute Gasteiger partial charge is 0.395 e. The fourth-order valence-corrected chi connectivity index (χ4v) is 3.01. The number of rotatable bonds is 4. The lowest BCUT2D eigenvalue weighted by Crippen LogP contribution is -2.49. The molecular weight excluding hydrogens is 266 g/mol. The number of carbonyl (C=O) groups excluding carboxylic acids is 1. The molecule has 6 nitrogen and oxygen atoms in total. The van der Waals surface area contributed by atoms with Gasteiger partial charge in [0.05, 0.1) is 11.4 Å². The van der Waals surface area contributed by atoms with E-state index in [1.807, 2.05) is 4.90 Å². The third kappa shape index (κ3) is 3.05. The maximum atomic E-state index is 12.6. The average molecular weight is 291 g/mol. The molecule has 1 saturated carbocycles. The zero-order valence-electron chi connectivity index (χ0n) is 12.9. The molecule has 1 aliphatic heterocycles. The van der Waals surface area contributed by atoms with E-state index < -0.39 is 0 Å². The zero-order chi connectivity index (χ0) is 15.0. The van der Waals surface area contributed by atoms with E-state index in [4.69, 9.17) is 5.73 Å². The summed E-state index contributed by atoms with van der Waals surface area (Å²) in [7, 11) is 0. The van der Waals surface area contributed by atoms with Crippen molar-refractivity contribution in [2.45, 2.75) is 32.6 Å². The van der Waals surface area contributed by atoms with Crippen LogP contribution in [-0.4, -0.2) is 58.6 Å². The Morgan fingerprint density at radius 1 is 1.33 bits per heavy atom. The van der Waals surface area contributed by atoms with Crippen molar-refractivity contribution in [2.75, 3.05) is 38.5 Å². The van der Waals surface area contributed by atoms with Crippen LogP contribution in [0.2, 0.25) is 0 Å². The van der Waals surface area contributed by atoms with Gasteiger partial charge in [0.25, 0.3) is 5.91 Å². The van der Waals surface area contributed by atoms with Crippen molar-refractivity contribution in [1.82, 2.24) is 20.0 Å². The van der Waals surface area contributed by atoms with Gasteiger partial charge >= 0.3 is 0 Å². The lowest BCUT2D eigenvalue weighted by Gasteiger charge is -2.35. The van der Waals surface area contributed by atoms with Gasteiger partial charge in [0.15, 0.2) is 5.69 Å². The maximum Gasteiger partial charge on any atom is 0.276 e. The Balaban J connectivity index is 1.61. The predicted octanol–water partition coefficient (Wildman–Crippen LogP) is 1.28. The van der Waals surface area contributed by atoms with Gasteiger partial charge in [-0.25, -0.2) is 0 Å². The Hall–Kier alpha value is -1.56. The first-order valence-corrected chi connectivity index (χ1v) is 7.91. The van der Waals surface area contributed by atoms with Crippen molar-refractivity contribution in [2.24, 2.45) is 5.92 Å². The van der Waals surface area contributed by atoms with E-state index in [2.05, 4.69) is 28.9 Å². The summed E-state index contributed by atoms with van der Waals surface area (Å²) in [6.45, 7) is 8.93. The fraction of sp³-hybridized carbons (Fsp3) is 0.733. The topological polar surface area (TPSA) is 78.2 Å². The molecule has 1 aliphatic carbocycles. The molecule has 2 heterocycles. The summed E-state index contributed by atoms with van der Waals surface area (Å²) in [6.07, 6.45) is 2.29. The molecule has 116 valence electrons. The number of hydrogen-bond donors (Lipinski definition) is 2. The van der Waals surface area contributed by atoms with Gasteiger partial charge in [-0.2, -0.15) is 5.10 Å². The van der Waals surface area contributed by atoms with Crippen LogP contribution in [0.15, 0.2) is 0 Å². The molecule has 6 heteroatoms. The Morgan fingerprint density at radius 3 is 2.57 bits per heavy atom. The first-order valence-electron chi connectivity index (χ1n) is 7.91. The number of piperazine rings is 1. The number of anilines is 1. The molecule has 3 rings (SSSR count).